The second-order valence-electron chi connectivity index (χ2n) is 3.90. The maximum Gasteiger partial charge on any atom is 0.0991 e. The summed E-state index contributed by atoms with van der Waals surface area (Å²) in [7, 11) is 0. The molecule has 4 heteroatoms. The van der Waals surface area contributed by atoms with Gasteiger partial charge in [-0.1, -0.05) is 11.6 Å². The number of nitriles is 1. The number of aryl methyl sites for hydroxylation is 1. The number of nitrogens with zero attached hydrogens (tertiary/aromatic N) is 1. The normalized spacial score (nSPS) is 9.89. The molecule has 0 saturated carbocycles. The predicted molar refractivity (Wildman–Crippen MR) is 78.3 cm³/mol. The van der Waals surface area contributed by atoms with Crippen LogP contribution in [0.1, 0.15) is 11.1 Å². The van der Waals surface area contributed by atoms with Crippen molar-refractivity contribution in [1.29, 1.82) is 5.26 Å². The van der Waals surface area contributed by atoms with Crippen molar-refractivity contribution in [2.75, 3.05) is 5.32 Å². The van der Waals surface area contributed by atoms with E-state index in [2.05, 4.69) is 27.3 Å². The van der Waals surface area contributed by atoms with Gasteiger partial charge in [-0.25, -0.2) is 0 Å². The number of nitrogens with one attached hydrogen (secondary N) is 1. The number of hydrogen-bond donors (Lipinski definition) is 1. The highest BCUT2D eigenvalue weighted by Gasteiger charge is 2.04. The first-order chi connectivity index (χ1) is 8.60. The van der Waals surface area contributed by atoms with Crippen LogP contribution in [-0.4, -0.2) is 0 Å². The van der Waals surface area contributed by atoms with Gasteiger partial charge in [0.05, 0.1) is 17.3 Å². The van der Waals surface area contributed by atoms with Crippen LogP contribution in [0.5, 0.6) is 0 Å². The maximum atomic E-state index is 8.73. The highest BCUT2D eigenvalue weighted by molar-refractivity contribution is 9.10. The summed E-state index contributed by atoms with van der Waals surface area (Å²) in [5.74, 6) is 0. The first-order valence-corrected chi connectivity index (χ1v) is 6.50. The summed E-state index contributed by atoms with van der Waals surface area (Å²) >= 11 is 9.59. The second-order valence-corrected chi connectivity index (χ2v) is 5.16. The van der Waals surface area contributed by atoms with Gasteiger partial charge >= 0.3 is 0 Å². The van der Waals surface area contributed by atoms with Gasteiger partial charge < -0.3 is 5.32 Å². The molecule has 0 spiro atoms. The minimum Gasteiger partial charge on any atom is -0.355 e. The van der Waals surface area contributed by atoms with Crippen LogP contribution in [-0.2, 0) is 0 Å². The number of rotatable bonds is 2. The van der Waals surface area contributed by atoms with Gasteiger partial charge in [0.2, 0.25) is 0 Å². The summed E-state index contributed by atoms with van der Waals surface area (Å²) in [5.41, 5.74) is 3.47. The van der Waals surface area contributed by atoms with Gasteiger partial charge in [-0.2, -0.15) is 5.26 Å². The summed E-state index contributed by atoms with van der Waals surface area (Å²) in [5, 5.41) is 12.7. The van der Waals surface area contributed by atoms with Crippen molar-refractivity contribution in [2.24, 2.45) is 0 Å². The van der Waals surface area contributed by atoms with Gasteiger partial charge in [-0.05, 0) is 64.8 Å². The molecule has 2 nitrogen and oxygen atoms in total. The lowest BCUT2D eigenvalue weighted by Gasteiger charge is -2.10. The molecule has 0 bridgehead atoms. The number of hydrogen-bond acceptors (Lipinski definition) is 2. The van der Waals surface area contributed by atoms with E-state index < -0.39 is 0 Å². The fraction of sp³-hybridized carbons (Fsp3) is 0.0714. The van der Waals surface area contributed by atoms with E-state index in [1.807, 2.05) is 31.2 Å². The predicted octanol–water partition coefficient (Wildman–Crippen LogP) is 5.03. The molecular weight excluding hydrogens is 312 g/mol. The smallest absolute Gasteiger partial charge is 0.0991 e. The Hall–Kier alpha value is -1.50. The average molecular weight is 322 g/mol. The van der Waals surface area contributed by atoms with Crippen molar-refractivity contribution >= 4 is 38.9 Å². The van der Waals surface area contributed by atoms with E-state index in [0.29, 0.717) is 10.6 Å². The topological polar surface area (TPSA) is 35.8 Å². The van der Waals surface area contributed by atoms with E-state index in [0.717, 1.165) is 21.4 Å². The minimum atomic E-state index is 0.640. The Morgan fingerprint density at radius 1 is 1.22 bits per heavy atom. The highest BCUT2D eigenvalue weighted by atomic mass is 79.9. The third-order valence-corrected chi connectivity index (χ3v) is 3.60. The zero-order valence-corrected chi connectivity index (χ0v) is 12.0. The van der Waals surface area contributed by atoms with E-state index in [9.17, 15) is 0 Å². The van der Waals surface area contributed by atoms with E-state index in [-0.39, 0.29) is 0 Å². The zero-order chi connectivity index (χ0) is 13.1. The molecule has 0 aliphatic carbocycles. The van der Waals surface area contributed by atoms with E-state index >= 15 is 0 Å². The molecule has 0 amide bonds. The van der Waals surface area contributed by atoms with Crippen LogP contribution in [0.15, 0.2) is 40.9 Å². The molecule has 2 aromatic carbocycles. The van der Waals surface area contributed by atoms with Crippen molar-refractivity contribution in [3.63, 3.8) is 0 Å². The van der Waals surface area contributed by atoms with Crippen molar-refractivity contribution in [1.82, 2.24) is 0 Å². The summed E-state index contributed by atoms with van der Waals surface area (Å²) < 4.78 is 0.953. The summed E-state index contributed by atoms with van der Waals surface area (Å²) in [6.07, 6.45) is 0. The lowest BCUT2D eigenvalue weighted by molar-refractivity contribution is 1.42. The molecule has 18 heavy (non-hydrogen) atoms. The van der Waals surface area contributed by atoms with Crippen LogP contribution in [0.2, 0.25) is 5.02 Å². The Labute approximate surface area is 119 Å². The Bertz CT molecular complexity index is 615. The van der Waals surface area contributed by atoms with Crippen LogP contribution in [0.4, 0.5) is 11.4 Å². The molecule has 1 N–H and O–H groups in total. The molecule has 0 fully saturated rings. The quantitative estimate of drug-likeness (QED) is 0.842. The largest absolute Gasteiger partial charge is 0.355 e. The van der Waals surface area contributed by atoms with Crippen LogP contribution < -0.4 is 5.32 Å². The Morgan fingerprint density at radius 3 is 2.50 bits per heavy atom. The molecule has 2 rings (SSSR count). The summed E-state index contributed by atoms with van der Waals surface area (Å²) in [6, 6.07) is 13.2. The van der Waals surface area contributed by atoms with Gasteiger partial charge in [0.25, 0.3) is 0 Å². The molecule has 0 aliphatic heterocycles. The highest BCUT2D eigenvalue weighted by Crippen LogP contribution is 2.31. The first kappa shape index (κ1) is 12.9. The lowest BCUT2D eigenvalue weighted by atomic mass is 10.2. The van der Waals surface area contributed by atoms with Crippen LogP contribution >= 0.6 is 27.5 Å². The standard InChI is InChI=1S/C14H10BrClN2/c1-9-6-12(15)14(7-13(9)16)18-11-4-2-10(8-17)3-5-11/h2-7,18H,1H3. The second kappa shape index (κ2) is 5.43. The van der Waals surface area contributed by atoms with E-state index in [1.165, 1.54) is 0 Å². The lowest BCUT2D eigenvalue weighted by Crippen LogP contribution is -1.92. The average Bonchev–Trinajstić information content (AvgIpc) is 2.37. The molecule has 0 heterocycles. The Balaban J connectivity index is 2.28. The molecule has 0 atom stereocenters. The molecule has 90 valence electrons. The van der Waals surface area contributed by atoms with Crippen molar-refractivity contribution < 1.29 is 0 Å². The maximum absolute atomic E-state index is 8.73. The fourth-order valence-electron chi connectivity index (χ4n) is 1.53. The van der Waals surface area contributed by atoms with Gasteiger partial charge in [0.1, 0.15) is 0 Å². The first-order valence-electron chi connectivity index (χ1n) is 5.33. The van der Waals surface area contributed by atoms with Crippen molar-refractivity contribution in [3.05, 3.63) is 57.0 Å². The molecule has 0 aromatic heterocycles. The van der Waals surface area contributed by atoms with E-state index in [4.69, 9.17) is 16.9 Å². The van der Waals surface area contributed by atoms with E-state index in [1.54, 1.807) is 12.1 Å². The van der Waals surface area contributed by atoms with Gasteiger partial charge in [-0.3, -0.25) is 0 Å². The number of benzene rings is 2. The Kier molecular flexibility index (Phi) is 3.90. The monoisotopic (exact) mass is 320 g/mol. The van der Waals surface area contributed by atoms with Gasteiger partial charge in [0, 0.05) is 15.2 Å². The number of halogens is 2. The molecule has 0 aliphatic rings. The van der Waals surface area contributed by atoms with Crippen molar-refractivity contribution in [3.8, 4) is 6.07 Å². The molecule has 0 radical (unpaired) electrons. The fourth-order valence-corrected chi connectivity index (χ4v) is 2.25. The number of anilines is 2. The third kappa shape index (κ3) is 2.84. The van der Waals surface area contributed by atoms with Gasteiger partial charge in [-0.15, -0.1) is 0 Å². The van der Waals surface area contributed by atoms with Crippen molar-refractivity contribution in [2.45, 2.75) is 6.92 Å². The summed E-state index contributed by atoms with van der Waals surface area (Å²) in [6.45, 7) is 1.96. The minimum absolute atomic E-state index is 0.640. The van der Waals surface area contributed by atoms with Crippen LogP contribution in [0.3, 0.4) is 0 Å². The van der Waals surface area contributed by atoms with Crippen LogP contribution in [0, 0.1) is 18.3 Å². The molecule has 0 saturated heterocycles. The summed E-state index contributed by atoms with van der Waals surface area (Å²) in [4.78, 5) is 0. The van der Waals surface area contributed by atoms with Crippen LogP contribution in [0.25, 0.3) is 0 Å². The molecule has 0 unspecified atom stereocenters. The Morgan fingerprint density at radius 2 is 1.89 bits per heavy atom. The zero-order valence-electron chi connectivity index (χ0n) is 9.67. The van der Waals surface area contributed by atoms with Gasteiger partial charge in [0.15, 0.2) is 0 Å². The molecular formula is C14H10BrClN2. The SMILES string of the molecule is Cc1cc(Br)c(Nc2ccc(C#N)cc2)cc1Cl. The molecule has 2 aromatic rings. The third-order valence-electron chi connectivity index (χ3n) is 2.54.